The number of nitrogen functional groups attached to an aromatic ring is 2. The van der Waals surface area contributed by atoms with Gasteiger partial charge in [0.25, 0.3) is 0 Å². The van der Waals surface area contributed by atoms with Crippen LogP contribution in [0.5, 0.6) is 0 Å². The molecule has 0 aliphatic carbocycles. The lowest BCUT2D eigenvalue weighted by molar-refractivity contribution is 0.639. The smallest absolute Gasteiger partial charge is 0.0931 e. The first-order chi connectivity index (χ1) is 12.3. The summed E-state index contributed by atoms with van der Waals surface area (Å²) in [5, 5.41) is 0.417. The van der Waals surface area contributed by atoms with Crippen LogP contribution in [-0.2, 0) is 5.54 Å². The van der Waals surface area contributed by atoms with E-state index in [1.54, 1.807) is 0 Å². The van der Waals surface area contributed by atoms with E-state index in [1.165, 1.54) is 0 Å². The zero-order chi connectivity index (χ0) is 19.1. The van der Waals surface area contributed by atoms with Gasteiger partial charge >= 0.3 is 0 Å². The highest BCUT2D eigenvalue weighted by atomic mass is 35.5. The third-order valence-electron chi connectivity index (χ3n) is 5.19. The third-order valence-corrected chi connectivity index (χ3v) is 5.50. The van der Waals surface area contributed by atoms with Crippen LogP contribution in [0.4, 0.5) is 11.4 Å². The number of hydrogen-bond acceptors (Lipinski definition) is 3. The Bertz CT molecular complexity index is 934. The van der Waals surface area contributed by atoms with Gasteiger partial charge in [0.1, 0.15) is 0 Å². The fraction of sp³-hybridized carbons (Fsp3) is 0.182. The van der Waals surface area contributed by atoms with E-state index in [2.05, 4.69) is 38.1 Å². The average molecular weight is 366 g/mol. The molecule has 0 bridgehead atoms. The van der Waals surface area contributed by atoms with Crippen LogP contribution in [0.1, 0.15) is 33.4 Å². The quantitative estimate of drug-likeness (QED) is 0.465. The van der Waals surface area contributed by atoms with Crippen molar-refractivity contribution in [2.24, 2.45) is 5.73 Å². The molecule has 0 spiro atoms. The molecule has 0 saturated carbocycles. The first-order valence-corrected chi connectivity index (χ1v) is 8.92. The lowest BCUT2D eigenvalue weighted by atomic mass is 9.73. The fourth-order valence-electron chi connectivity index (χ4n) is 3.66. The number of anilines is 2. The summed E-state index contributed by atoms with van der Waals surface area (Å²) in [6, 6.07) is 18.1. The van der Waals surface area contributed by atoms with Gasteiger partial charge in [-0.2, -0.15) is 0 Å². The van der Waals surface area contributed by atoms with Crippen molar-refractivity contribution < 1.29 is 0 Å². The highest BCUT2D eigenvalue weighted by Gasteiger charge is 2.36. The number of halogens is 1. The van der Waals surface area contributed by atoms with Crippen molar-refractivity contribution in [3.8, 4) is 0 Å². The summed E-state index contributed by atoms with van der Waals surface area (Å²) >= 11 is 6.39. The molecular weight excluding hydrogens is 342 g/mol. The van der Waals surface area contributed by atoms with Crippen LogP contribution in [0.2, 0.25) is 5.02 Å². The van der Waals surface area contributed by atoms with Gasteiger partial charge in [0, 0.05) is 0 Å². The van der Waals surface area contributed by atoms with E-state index in [0.29, 0.717) is 16.4 Å². The third kappa shape index (κ3) is 2.74. The Morgan fingerprint density at radius 2 is 1.19 bits per heavy atom. The zero-order valence-corrected chi connectivity index (χ0v) is 16.1. The predicted molar refractivity (Wildman–Crippen MR) is 111 cm³/mol. The lowest BCUT2D eigenvalue weighted by Gasteiger charge is -2.36. The monoisotopic (exact) mass is 365 g/mol. The molecule has 0 unspecified atom stereocenters. The van der Waals surface area contributed by atoms with Gasteiger partial charge in [-0.25, -0.2) is 0 Å². The van der Waals surface area contributed by atoms with E-state index in [9.17, 15) is 0 Å². The Morgan fingerprint density at radius 3 is 1.65 bits per heavy atom. The number of rotatable bonds is 3. The van der Waals surface area contributed by atoms with Gasteiger partial charge in [0.15, 0.2) is 0 Å². The number of benzene rings is 3. The highest BCUT2D eigenvalue weighted by Crippen LogP contribution is 2.43. The summed E-state index contributed by atoms with van der Waals surface area (Å²) < 4.78 is 0. The predicted octanol–water partition coefficient (Wildman–Crippen LogP) is 4.68. The van der Waals surface area contributed by atoms with Gasteiger partial charge in [0.05, 0.1) is 21.9 Å². The van der Waals surface area contributed by atoms with Crippen molar-refractivity contribution in [3.63, 3.8) is 0 Å². The molecule has 3 rings (SSSR count). The summed E-state index contributed by atoms with van der Waals surface area (Å²) in [5.41, 5.74) is 25.4. The minimum atomic E-state index is -0.897. The standard InChI is InChI=1S/C22H24ClN3/c1-13-8-4-6-10-16(13)22(26,17-11-7-5-9-14(17)2)18-12-19(23)21(25)20(24)15(18)3/h4-12H,24-26H2,1-3H3. The fourth-order valence-corrected chi connectivity index (χ4v) is 3.87. The molecular formula is C22H24ClN3. The molecule has 0 aliphatic heterocycles. The zero-order valence-electron chi connectivity index (χ0n) is 15.3. The van der Waals surface area contributed by atoms with Crippen molar-refractivity contribution in [2.75, 3.05) is 11.5 Å². The van der Waals surface area contributed by atoms with Gasteiger partial charge in [-0.15, -0.1) is 0 Å². The van der Waals surface area contributed by atoms with E-state index in [1.807, 2.05) is 37.3 Å². The Hall–Kier alpha value is -2.49. The molecule has 134 valence electrons. The Morgan fingerprint density at radius 1 is 0.731 bits per heavy atom. The summed E-state index contributed by atoms with van der Waals surface area (Å²) in [7, 11) is 0. The molecule has 0 amide bonds. The molecule has 0 saturated heterocycles. The molecule has 0 heterocycles. The van der Waals surface area contributed by atoms with Crippen molar-refractivity contribution in [1.29, 1.82) is 0 Å². The molecule has 0 fully saturated rings. The number of nitrogens with two attached hydrogens (primary N) is 3. The summed E-state index contributed by atoms with van der Waals surface area (Å²) in [6.45, 7) is 6.06. The van der Waals surface area contributed by atoms with Gasteiger partial charge in [0.2, 0.25) is 0 Å². The van der Waals surface area contributed by atoms with Crippen LogP contribution in [0.15, 0.2) is 54.6 Å². The molecule has 4 heteroatoms. The molecule has 0 aliphatic rings. The second kappa shape index (κ2) is 6.67. The van der Waals surface area contributed by atoms with E-state index in [4.69, 9.17) is 28.8 Å². The van der Waals surface area contributed by atoms with Crippen molar-refractivity contribution in [2.45, 2.75) is 26.3 Å². The Balaban J connectivity index is 2.45. The van der Waals surface area contributed by atoms with Crippen LogP contribution in [-0.4, -0.2) is 0 Å². The summed E-state index contributed by atoms with van der Waals surface area (Å²) in [4.78, 5) is 0. The maximum atomic E-state index is 7.20. The number of hydrogen-bond donors (Lipinski definition) is 3. The van der Waals surface area contributed by atoms with Crippen LogP contribution in [0, 0.1) is 20.8 Å². The highest BCUT2D eigenvalue weighted by molar-refractivity contribution is 6.33. The summed E-state index contributed by atoms with van der Waals surface area (Å²) in [6.07, 6.45) is 0. The van der Waals surface area contributed by atoms with Crippen LogP contribution in [0.3, 0.4) is 0 Å². The van der Waals surface area contributed by atoms with E-state index < -0.39 is 5.54 Å². The minimum Gasteiger partial charge on any atom is -0.397 e. The average Bonchev–Trinajstić information content (AvgIpc) is 2.63. The Kier molecular flexibility index (Phi) is 4.70. The van der Waals surface area contributed by atoms with E-state index in [0.717, 1.165) is 33.4 Å². The van der Waals surface area contributed by atoms with Gasteiger partial charge in [-0.3, -0.25) is 0 Å². The molecule has 6 N–H and O–H groups in total. The second-order valence-electron chi connectivity index (χ2n) is 6.80. The molecule has 0 aromatic heterocycles. The van der Waals surface area contributed by atoms with Crippen LogP contribution in [0.25, 0.3) is 0 Å². The van der Waals surface area contributed by atoms with Crippen LogP contribution >= 0.6 is 11.6 Å². The van der Waals surface area contributed by atoms with Crippen molar-refractivity contribution >= 4 is 23.0 Å². The first-order valence-electron chi connectivity index (χ1n) is 8.54. The van der Waals surface area contributed by atoms with E-state index in [-0.39, 0.29) is 0 Å². The van der Waals surface area contributed by atoms with Gasteiger partial charge < -0.3 is 17.2 Å². The maximum Gasteiger partial charge on any atom is 0.0931 e. The lowest BCUT2D eigenvalue weighted by Crippen LogP contribution is -2.41. The van der Waals surface area contributed by atoms with Crippen LogP contribution < -0.4 is 17.2 Å². The first kappa shape index (κ1) is 18.3. The maximum absolute atomic E-state index is 7.20. The molecule has 3 aromatic carbocycles. The Labute approximate surface area is 159 Å². The summed E-state index contributed by atoms with van der Waals surface area (Å²) in [5.74, 6) is 0. The van der Waals surface area contributed by atoms with E-state index >= 15 is 0 Å². The normalized spacial score (nSPS) is 11.6. The molecule has 3 aromatic rings. The minimum absolute atomic E-state index is 0.393. The topological polar surface area (TPSA) is 78.1 Å². The van der Waals surface area contributed by atoms with Crippen molar-refractivity contribution in [1.82, 2.24) is 0 Å². The van der Waals surface area contributed by atoms with Gasteiger partial charge in [-0.05, 0) is 60.2 Å². The van der Waals surface area contributed by atoms with Crippen molar-refractivity contribution in [3.05, 3.63) is 93.0 Å². The largest absolute Gasteiger partial charge is 0.397 e. The number of aryl methyl sites for hydroxylation is 2. The molecule has 0 radical (unpaired) electrons. The molecule has 26 heavy (non-hydrogen) atoms. The molecule has 3 nitrogen and oxygen atoms in total. The second-order valence-corrected chi connectivity index (χ2v) is 7.20. The molecule has 0 atom stereocenters. The SMILES string of the molecule is Cc1ccccc1C(N)(c1ccccc1C)c1cc(Cl)c(N)c(N)c1C. The van der Waals surface area contributed by atoms with Gasteiger partial charge in [-0.1, -0.05) is 60.1 Å².